The number of anilines is 1. The molecule has 100 valence electrons. The van der Waals surface area contributed by atoms with Gasteiger partial charge in [0.25, 0.3) is 0 Å². The number of aromatic carboxylic acids is 1. The molecule has 19 heavy (non-hydrogen) atoms. The zero-order chi connectivity index (χ0) is 13.1. The second kappa shape index (κ2) is 3.59. The first kappa shape index (κ1) is 11.0. The monoisotopic (exact) mass is 261 g/mol. The summed E-state index contributed by atoms with van der Waals surface area (Å²) in [6.07, 6.45) is 3.87. The molecule has 1 aromatic rings. The molecule has 1 amide bonds. The summed E-state index contributed by atoms with van der Waals surface area (Å²) in [4.78, 5) is 22.9. The molecule has 4 atom stereocenters. The molecule has 0 spiro atoms. The summed E-state index contributed by atoms with van der Waals surface area (Å²) in [7, 11) is 0. The molecule has 3 N–H and O–H groups in total. The number of rotatable bonds is 3. The van der Waals surface area contributed by atoms with Crippen molar-refractivity contribution in [3.63, 3.8) is 0 Å². The van der Waals surface area contributed by atoms with Crippen LogP contribution in [-0.2, 0) is 4.79 Å². The Morgan fingerprint density at radius 3 is 2.58 bits per heavy atom. The van der Waals surface area contributed by atoms with E-state index in [4.69, 9.17) is 5.11 Å². The first-order valence-corrected chi connectivity index (χ1v) is 6.74. The molecule has 6 nitrogen and oxygen atoms in total. The van der Waals surface area contributed by atoms with E-state index in [2.05, 4.69) is 15.5 Å². The highest BCUT2D eigenvalue weighted by Gasteiger charge is 2.67. The fraction of sp³-hybridized carbons (Fsp3) is 0.615. The van der Waals surface area contributed by atoms with E-state index in [1.807, 2.05) is 0 Å². The lowest BCUT2D eigenvalue weighted by Gasteiger charge is -2.07. The highest BCUT2D eigenvalue weighted by molar-refractivity contribution is 5.95. The molecule has 6 heteroatoms. The lowest BCUT2D eigenvalue weighted by molar-refractivity contribution is -0.118. The van der Waals surface area contributed by atoms with Gasteiger partial charge in [-0.05, 0) is 42.9 Å². The summed E-state index contributed by atoms with van der Waals surface area (Å²) in [5.74, 6) is 2.03. The minimum absolute atomic E-state index is 0.00800. The Hall–Kier alpha value is -1.85. The zero-order valence-electron chi connectivity index (χ0n) is 10.3. The van der Waals surface area contributed by atoms with Gasteiger partial charge >= 0.3 is 5.97 Å². The number of fused-ring (bicyclic) bond motifs is 5. The van der Waals surface area contributed by atoms with Crippen LogP contribution < -0.4 is 5.32 Å². The van der Waals surface area contributed by atoms with Gasteiger partial charge in [-0.1, -0.05) is 0 Å². The van der Waals surface area contributed by atoms with Crippen molar-refractivity contribution in [2.45, 2.75) is 19.3 Å². The van der Waals surface area contributed by atoms with Crippen LogP contribution in [0.15, 0.2) is 6.07 Å². The number of amides is 1. The van der Waals surface area contributed by atoms with Crippen LogP contribution in [0.5, 0.6) is 0 Å². The third-order valence-corrected chi connectivity index (χ3v) is 5.10. The molecule has 3 aliphatic rings. The van der Waals surface area contributed by atoms with Crippen LogP contribution in [0.4, 0.5) is 5.82 Å². The molecule has 0 saturated heterocycles. The number of carboxylic acids is 1. The van der Waals surface area contributed by atoms with Gasteiger partial charge in [-0.15, -0.1) is 0 Å². The van der Waals surface area contributed by atoms with Crippen LogP contribution in [0, 0.1) is 29.6 Å². The van der Waals surface area contributed by atoms with Gasteiger partial charge in [-0.2, -0.15) is 5.10 Å². The molecule has 3 aliphatic carbocycles. The Balaban J connectivity index is 1.44. The Kier molecular flexibility index (Phi) is 2.08. The van der Waals surface area contributed by atoms with Gasteiger partial charge in [-0.3, -0.25) is 9.89 Å². The summed E-state index contributed by atoms with van der Waals surface area (Å²) >= 11 is 0. The zero-order valence-corrected chi connectivity index (χ0v) is 10.3. The van der Waals surface area contributed by atoms with Crippen molar-refractivity contribution in [2.24, 2.45) is 29.6 Å². The summed E-state index contributed by atoms with van der Waals surface area (Å²) in [6.45, 7) is 0. The lowest BCUT2D eigenvalue weighted by Crippen LogP contribution is -2.18. The molecular formula is C13H15N3O3. The van der Waals surface area contributed by atoms with Gasteiger partial charge in [0.05, 0.1) is 0 Å². The van der Waals surface area contributed by atoms with Crippen molar-refractivity contribution >= 4 is 17.7 Å². The molecule has 0 radical (unpaired) electrons. The minimum atomic E-state index is -1.07. The van der Waals surface area contributed by atoms with Crippen molar-refractivity contribution in [2.75, 3.05) is 5.32 Å². The maximum Gasteiger partial charge on any atom is 0.353 e. The van der Waals surface area contributed by atoms with Crippen molar-refractivity contribution in [3.8, 4) is 0 Å². The molecule has 4 unspecified atom stereocenters. The third kappa shape index (κ3) is 1.52. The second-order valence-electron chi connectivity index (χ2n) is 5.97. The van der Waals surface area contributed by atoms with E-state index in [-0.39, 0.29) is 17.5 Å². The summed E-state index contributed by atoms with van der Waals surface area (Å²) in [5, 5.41) is 17.7. The van der Waals surface area contributed by atoms with Crippen LogP contribution in [0.1, 0.15) is 29.8 Å². The van der Waals surface area contributed by atoms with Crippen LogP contribution in [0.2, 0.25) is 0 Å². The SMILES string of the molecule is O=C(O)c1cc(NC(=O)C2C3C4CCC(C4)C23)n[nH]1. The molecule has 1 aromatic heterocycles. The molecule has 0 aromatic carbocycles. The number of aromatic amines is 1. The fourth-order valence-electron chi connectivity index (χ4n) is 4.38. The number of carbonyl (C=O) groups excluding carboxylic acids is 1. The quantitative estimate of drug-likeness (QED) is 0.765. The van der Waals surface area contributed by atoms with Gasteiger partial charge in [0.1, 0.15) is 5.69 Å². The Morgan fingerprint density at radius 2 is 2.00 bits per heavy atom. The molecule has 3 saturated carbocycles. The number of H-pyrrole nitrogens is 1. The summed E-state index contributed by atoms with van der Waals surface area (Å²) in [5.41, 5.74) is -0.00800. The predicted octanol–water partition coefficient (Wildman–Crippen LogP) is 1.34. The molecule has 3 fully saturated rings. The summed E-state index contributed by atoms with van der Waals surface area (Å²) < 4.78 is 0. The highest BCUT2D eigenvalue weighted by Crippen LogP contribution is 2.69. The van der Waals surface area contributed by atoms with E-state index >= 15 is 0 Å². The number of nitrogens with one attached hydrogen (secondary N) is 2. The van der Waals surface area contributed by atoms with Crippen molar-refractivity contribution < 1.29 is 14.7 Å². The lowest BCUT2D eigenvalue weighted by atomic mass is 10.0. The number of carboxylic acid groups (broad SMARTS) is 1. The van der Waals surface area contributed by atoms with Gasteiger partial charge in [0, 0.05) is 12.0 Å². The topological polar surface area (TPSA) is 95.1 Å². The van der Waals surface area contributed by atoms with E-state index < -0.39 is 5.97 Å². The first-order valence-electron chi connectivity index (χ1n) is 6.74. The Bertz CT molecular complexity index is 551. The molecule has 1 heterocycles. The molecule has 4 rings (SSSR count). The van der Waals surface area contributed by atoms with Gasteiger partial charge < -0.3 is 10.4 Å². The van der Waals surface area contributed by atoms with Gasteiger partial charge in [0.15, 0.2) is 5.82 Å². The highest BCUT2D eigenvalue weighted by atomic mass is 16.4. The molecular weight excluding hydrogens is 246 g/mol. The number of nitrogens with zero attached hydrogens (tertiary/aromatic N) is 1. The predicted molar refractivity (Wildman–Crippen MR) is 65.5 cm³/mol. The number of hydrogen-bond donors (Lipinski definition) is 3. The van der Waals surface area contributed by atoms with Crippen LogP contribution in [0.3, 0.4) is 0 Å². The van der Waals surface area contributed by atoms with Gasteiger partial charge in [-0.25, -0.2) is 4.79 Å². The maximum absolute atomic E-state index is 12.2. The number of carbonyl (C=O) groups is 2. The third-order valence-electron chi connectivity index (χ3n) is 5.10. The number of aromatic nitrogens is 2. The second-order valence-corrected chi connectivity index (χ2v) is 5.97. The van der Waals surface area contributed by atoms with Crippen molar-refractivity contribution in [1.82, 2.24) is 10.2 Å². The van der Waals surface area contributed by atoms with E-state index in [0.717, 1.165) is 11.8 Å². The van der Waals surface area contributed by atoms with Crippen LogP contribution in [0.25, 0.3) is 0 Å². The van der Waals surface area contributed by atoms with Crippen LogP contribution in [-0.4, -0.2) is 27.2 Å². The van der Waals surface area contributed by atoms with Crippen molar-refractivity contribution in [3.05, 3.63) is 11.8 Å². The fourth-order valence-corrected chi connectivity index (χ4v) is 4.38. The van der Waals surface area contributed by atoms with Crippen LogP contribution >= 0.6 is 0 Å². The molecule has 0 aliphatic heterocycles. The minimum Gasteiger partial charge on any atom is -0.477 e. The van der Waals surface area contributed by atoms with E-state index in [0.29, 0.717) is 17.7 Å². The van der Waals surface area contributed by atoms with E-state index in [1.54, 1.807) is 0 Å². The Labute approximate surface area is 109 Å². The average molecular weight is 261 g/mol. The largest absolute Gasteiger partial charge is 0.477 e. The number of hydrogen-bond acceptors (Lipinski definition) is 3. The smallest absolute Gasteiger partial charge is 0.353 e. The Morgan fingerprint density at radius 1 is 1.32 bits per heavy atom. The average Bonchev–Trinajstić information content (AvgIpc) is 2.75. The normalized spacial score (nSPS) is 38.0. The van der Waals surface area contributed by atoms with Gasteiger partial charge in [0.2, 0.25) is 5.91 Å². The summed E-state index contributed by atoms with van der Waals surface area (Å²) in [6, 6.07) is 1.35. The van der Waals surface area contributed by atoms with E-state index in [9.17, 15) is 9.59 Å². The molecule has 2 bridgehead atoms. The van der Waals surface area contributed by atoms with E-state index in [1.165, 1.54) is 25.3 Å². The first-order chi connectivity index (χ1) is 9.15. The maximum atomic E-state index is 12.2. The standard InChI is InChI=1S/C13H15N3O3/c17-12(14-8-4-7(13(18)19)15-16-8)11-9-5-1-2-6(3-5)10(9)11/h4-6,9-11H,1-3H2,(H,18,19)(H2,14,15,16,17). The van der Waals surface area contributed by atoms with Crippen molar-refractivity contribution in [1.29, 1.82) is 0 Å².